The monoisotopic (exact) mass is 520 g/mol. The van der Waals surface area contributed by atoms with Crippen LogP contribution in [0.15, 0.2) is 78.9 Å². The summed E-state index contributed by atoms with van der Waals surface area (Å²) in [6.07, 6.45) is 3.14. The standard InChI is InChI=1S/C31H37ClN2O3/c1-3-4-19-33-31(36)29(22-25-10-6-5-7-11-25)34(23-26-12-8-13-27(32)21-26)30(35)14-9-20-37-28-17-15-24(2)16-18-28/h5-8,10-13,15-18,21,29H,3-4,9,14,19-20,22-23H2,1-2H3,(H,33,36). The summed E-state index contributed by atoms with van der Waals surface area (Å²) in [5, 5.41) is 3.65. The van der Waals surface area contributed by atoms with Crippen molar-refractivity contribution >= 4 is 23.4 Å². The van der Waals surface area contributed by atoms with E-state index in [4.69, 9.17) is 16.3 Å². The van der Waals surface area contributed by atoms with Crippen molar-refractivity contribution < 1.29 is 14.3 Å². The van der Waals surface area contributed by atoms with E-state index in [1.807, 2.05) is 79.7 Å². The molecule has 1 atom stereocenters. The highest BCUT2D eigenvalue weighted by atomic mass is 35.5. The second kappa shape index (κ2) is 15.1. The van der Waals surface area contributed by atoms with E-state index in [0.717, 1.165) is 29.7 Å². The molecule has 0 saturated heterocycles. The molecule has 3 rings (SSSR count). The average Bonchev–Trinajstić information content (AvgIpc) is 2.90. The molecule has 0 heterocycles. The number of hydrogen-bond acceptors (Lipinski definition) is 3. The van der Waals surface area contributed by atoms with Gasteiger partial charge < -0.3 is 15.0 Å². The quantitative estimate of drug-likeness (QED) is 0.251. The summed E-state index contributed by atoms with van der Waals surface area (Å²) in [7, 11) is 0. The number of hydrogen-bond donors (Lipinski definition) is 1. The highest BCUT2D eigenvalue weighted by Crippen LogP contribution is 2.19. The van der Waals surface area contributed by atoms with Crippen LogP contribution in [0.5, 0.6) is 5.75 Å². The molecule has 196 valence electrons. The van der Waals surface area contributed by atoms with Crippen molar-refractivity contribution in [2.24, 2.45) is 0 Å². The van der Waals surface area contributed by atoms with Gasteiger partial charge in [-0.05, 0) is 55.2 Å². The molecule has 0 bridgehead atoms. The lowest BCUT2D eigenvalue weighted by atomic mass is 10.0. The molecule has 0 aliphatic carbocycles. The summed E-state index contributed by atoms with van der Waals surface area (Å²) in [5.41, 5.74) is 3.06. The number of ether oxygens (including phenoxy) is 1. The van der Waals surface area contributed by atoms with Crippen LogP contribution in [0.25, 0.3) is 0 Å². The van der Waals surface area contributed by atoms with E-state index in [0.29, 0.717) is 37.6 Å². The van der Waals surface area contributed by atoms with E-state index in [1.54, 1.807) is 11.0 Å². The van der Waals surface area contributed by atoms with Crippen LogP contribution in [0.2, 0.25) is 5.02 Å². The number of unbranched alkanes of at least 4 members (excludes halogenated alkanes) is 1. The van der Waals surface area contributed by atoms with Gasteiger partial charge in [0, 0.05) is 31.0 Å². The predicted octanol–water partition coefficient (Wildman–Crippen LogP) is 6.36. The number of nitrogens with zero attached hydrogens (tertiary/aromatic N) is 1. The number of carbonyl (C=O) groups excluding carboxylic acids is 2. The molecule has 3 aromatic carbocycles. The molecule has 0 spiro atoms. The minimum absolute atomic E-state index is 0.0842. The van der Waals surface area contributed by atoms with Gasteiger partial charge in [-0.25, -0.2) is 0 Å². The third-order valence-electron chi connectivity index (χ3n) is 6.17. The van der Waals surface area contributed by atoms with Gasteiger partial charge in [-0.1, -0.05) is 85.1 Å². The molecule has 37 heavy (non-hydrogen) atoms. The number of nitrogens with one attached hydrogen (secondary N) is 1. The van der Waals surface area contributed by atoms with Gasteiger partial charge in [0.15, 0.2) is 0 Å². The third kappa shape index (κ3) is 9.58. The fourth-order valence-corrected chi connectivity index (χ4v) is 4.30. The van der Waals surface area contributed by atoms with Gasteiger partial charge in [-0.15, -0.1) is 0 Å². The van der Waals surface area contributed by atoms with Crippen LogP contribution in [-0.2, 0) is 22.6 Å². The highest BCUT2D eigenvalue weighted by molar-refractivity contribution is 6.30. The summed E-state index contributed by atoms with van der Waals surface area (Å²) in [5.74, 6) is 0.564. The molecule has 1 unspecified atom stereocenters. The summed E-state index contributed by atoms with van der Waals surface area (Å²) >= 11 is 6.24. The Morgan fingerprint density at radius 2 is 1.68 bits per heavy atom. The zero-order chi connectivity index (χ0) is 26.5. The molecule has 2 amide bonds. The van der Waals surface area contributed by atoms with Gasteiger partial charge >= 0.3 is 0 Å². The molecule has 0 aromatic heterocycles. The molecule has 1 N–H and O–H groups in total. The van der Waals surface area contributed by atoms with Gasteiger partial charge in [-0.3, -0.25) is 9.59 Å². The zero-order valence-electron chi connectivity index (χ0n) is 21.8. The van der Waals surface area contributed by atoms with Gasteiger partial charge in [-0.2, -0.15) is 0 Å². The molecule has 3 aromatic rings. The molecule has 0 aliphatic heterocycles. The Bertz CT molecular complexity index is 1120. The third-order valence-corrected chi connectivity index (χ3v) is 6.40. The van der Waals surface area contributed by atoms with E-state index in [2.05, 4.69) is 12.2 Å². The summed E-state index contributed by atoms with van der Waals surface area (Å²) in [6.45, 7) is 5.43. The van der Waals surface area contributed by atoms with Crippen LogP contribution in [0.4, 0.5) is 0 Å². The molecule has 0 aliphatic rings. The Morgan fingerprint density at radius 1 is 0.946 bits per heavy atom. The number of carbonyl (C=O) groups is 2. The van der Waals surface area contributed by atoms with Crippen molar-refractivity contribution in [1.82, 2.24) is 10.2 Å². The van der Waals surface area contributed by atoms with Crippen LogP contribution < -0.4 is 10.1 Å². The maximum atomic E-state index is 13.6. The van der Waals surface area contributed by atoms with E-state index in [-0.39, 0.29) is 18.2 Å². The van der Waals surface area contributed by atoms with Crippen molar-refractivity contribution in [3.63, 3.8) is 0 Å². The molecule has 0 fully saturated rings. The van der Waals surface area contributed by atoms with Crippen LogP contribution in [-0.4, -0.2) is 35.9 Å². The topological polar surface area (TPSA) is 58.6 Å². The van der Waals surface area contributed by atoms with E-state index in [9.17, 15) is 9.59 Å². The Hall–Kier alpha value is -3.31. The predicted molar refractivity (Wildman–Crippen MR) is 150 cm³/mol. The average molecular weight is 521 g/mol. The van der Waals surface area contributed by atoms with Gasteiger partial charge in [0.25, 0.3) is 0 Å². The maximum Gasteiger partial charge on any atom is 0.243 e. The normalized spacial score (nSPS) is 11.5. The SMILES string of the molecule is CCCCNC(=O)C(Cc1ccccc1)N(Cc1cccc(Cl)c1)C(=O)CCCOc1ccc(C)cc1. The van der Waals surface area contributed by atoms with Gasteiger partial charge in [0.2, 0.25) is 11.8 Å². The summed E-state index contributed by atoms with van der Waals surface area (Å²) in [4.78, 5) is 28.7. The van der Waals surface area contributed by atoms with Gasteiger partial charge in [0.05, 0.1) is 6.61 Å². The van der Waals surface area contributed by atoms with Crippen molar-refractivity contribution in [2.45, 2.75) is 58.5 Å². The lowest BCUT2D eigenvalue weighted by Crippen LogP contribution is -2.50. The smallest absolute Gasteiger partial charge is 0.243 e. The Kier molecular flexibility index (Phi) is 11.5. The lowest BCUT2D eigenvalue weighted by molar-refractivity contribution is -0.141. The van der Waals surface area contributed by atoms with Crippen molar-refractivity contribution in [3.05, 3.63) is 101 Å². The van der Waals surface area contributed by atoms with E-state index in [1.165, 1.54) is 5.56 Å². The van der Waals surface area contributed by atoms with Crippen molar-refractivity contribution in [1.29, 1.82) is 0 Å². The number of benzene rings is 3. The first-order valence-corrected chi connectivity index (χ1v) is 13.4. The molecule has 5 nitrogen and oxygen atoms in total. The molecular weight excluding hydrogens is 484 g/mol. The van der Waals surface area contributed by atoms with E-state index >= 15 is 0 Å². The maximum absolute atomic E-state index is 13.6. The largest absolute Gasteiger partial charge is 0.494 e. The first kappa shape index (κ1) is 28.3. The zero-order valence-corrected chi connectivity index (χ0v) is 22.5. The second-order valence-corrected chi connectivity index (χ2v) is 9.70. The van der Waals surface area contributed by atoms with Crippen molar-refractivity contribution in [3.8, 4) is 5.75 Å². The number of rotatable bonds is 14. The highest BCUT2D eigenvalue weighted by Gasteiger charge is 2.30. The fraction of sp³-hybridized carbons (Fsp3) is 0.355. The number of halogens is 1. The molecule has 6 heteroatoms. The lowest BCUT2D eigenvalue weighted by Gasteiger charge is -2.31. The number of aryl methyl sites for hydroxylation is 1. The van der Waals surface area contributed by atoms with Crippen LogP contribution >= 0.6 is 11.6 Å². The van der Waals surface area contributed by atoms with Gasteiger partial charge in [0.1, 0.15) is 11.8 Å². The minimum atomic E-state index is -0.635. The summed E-state index contributed by atoms with van der Waals surface area (Å²) < 4.78 is 5.83. The first-order chi connectivity index (χ1) is 18.0. The Labute approximate surface area is 225 Å². The number of amides is 2. The molecule has 0 saturated carbocycles. The van der Waals surface area contributed by atoms with Crippen molar-refractivity contribution in [2.75, 3.05) is 13.2 Å². The first-order valence-electron chi connectivity index (χ1n) is 13.0. The Balaban J connectivity index is 1.77. The molecular formula is C31H37ClN2O3. The molecule has 0 radical (unpaired) electrons. The Morgan fingerprint density at radius 3 is 2.38 bits per heavy atom. The van der Waals surface area contributed by atoms with Crippen LogP contribution in [0.3, 0.4) is 0 Å². The van der Waals surface area contributed by atoms with Crippen LogP contribution in [0, 0.1) is 6.92 Å². The summed E-state index contributed by atoms with van der Waals surface area (Å²) in [6, 6.07) is 24.5. The van der Waals surface area contributed by atoms with E-state index < -0.39 is 6.04 Å². The fourth-order valence-electron chi connectivity index (χ4n) is 4.08. The second-order valence-electron chi connectivity index (χ2n) is 9.27. The van der Waals surface area contributed by atoms with Crippen LogP contribution in [0.1, 0.15) is 49.3 Å². The minimum Gasteiger partial charge on any atom is -0.494 e.